The van der Waals surface area contributed by atoms with E-state index in [1.807, 2.05) is 24.8 Å². The van der Waals surface area contributed by atoms with Crippen LogP contribution in [0.4, 0.5) is 4.39 Å². The number of benzene rings is 1. The summed E-state index contributed by atoms with van der Waals surface area (Å²) in [6, 6.07) is 4.93. The molecular formula is C16H21FN4S2. The maximum Gasteiger partial charge on any atom is 0.191 e. The summed E-state index contributed by atoms with van der Waals surface area (Å²) in [6.45, 7) is 3.30. The maximum absolute atomic E-state index is 13.4. The summed E-state index contributed by atoms with van der Waals surface area (Å²) in [5.74, 6) is 1.32. The van der Waals surface area contributed by atoms with Crippen molar-refractivity contribution in [3.8, 4) is 0 Å². The Morgan fingerprint density at radius 1 is 1.30 bits per heavy atom. The molecule has 0 aliphatic carbocycles. The van der Waals surface area contributed by atoms with Crippen molar-refractivity contribution in [3.63, 3.8) is 0 Å². The van der Waals surface area contributed by atoms with Crippen LogP contribution in [0.3, 0.4) is 0 Å². The molecule has 1 aromatic carbocycles. The van der Waals surface area contributed by atoms with E-state index >= 15 is 0 Å². The first-order chi connectivity index (χ1) is 11.1. The van der Waals surface area contributed by atoms with Gasteiger partial charge in [-0.3, -0.25) is 4.99 Å². The number of thioether (sulfide) groups is 1. The standard InChI is InChI=1S/C16H21FN4S2/c1-11-15(23-10-21-11)8-20-16(18-2)19-7-12-4-5-14(17)6-13(12)9-22-3/h4-6,10H,7-9H2,1-3H3,(H2,18,19,20). The second-order valence-electron chi connectivity index (χ2n) is 4.99. The number of aliphatic imine (C=N–C) groups is 1. The average Bonchev–Trinajstić information content (AvgIpc) is 2.95. The van der Waals surface area contributed by atoms with E-state index in [4.69, 9.17) is 0 Å². The zero-order valence-electron chi connectivity index (χ0n) is 13.5. The number of aryl methyl sites for hydroxylation is 1. The highest BCUT2D eigenvalue weighted by molar-refractivity contribution is 7.97. The minimum absolute atomic E-state index is 0.194. The molecule has 4 nitrogen and oxygen atoms in total. The van der Waals surface area contributed by atoms with Crippen LogP contribution in [0.5, 0.6) is 0 Å². The lowest BCUT2D eigenvalue weighted by atomic mass is 10.1. The van der Waals surface area contributed by atoms with Crippen molar-refractivity contribution in [1.82, 2.24) is 15.6 Å². The summed E-state index contributed by atoms with van der Waals surface area (Å²) in [7, 11) is 1.74. The van der Waals surface area contributed by atoms with Crippen molar-refractivity contribution in [2.45, 2.75) is 25.8 Å². The lowest BCUT2D eigenvalue weighted by Crippen LogP contribution is -2.36. The van der Waals surface area contributed by atoms with E-state index in [1.54, 1.807) is 36.2 Å². The fourth-order valence-electron chi connectivity index (χ4n) is 2.12. The second-order valence-corrected chi connectivity index (χ2v) is 6.79. The number of halogens is 1. The van der Waals surface area contributed by atoms with Crippen LogP contribution in [-0.4, -0.2) is 24.2 Å². The Morgan fingerprint density at radius 3 is 2.74 bits per heavy atom. The van der Waals surface area contributed by atoms with E-state index in [2.05, 4.69) is 20.6 Å². The highest BCUT2D eigenvalue weighted by atomic mass is 32.2. The molecule has 1 heterocycles. The zero-order chi connectivity index (χ0) is 16.7. The first-order valence-electron chi connectivity index (χ1n) is 7.23. The Morgan fingerprint density at radius 2 is 2.09 bits per heavy atom. The predicted octanol–water partition coefficient (Wildman–Crippen LogP) is 3.32. The van der Waals surface area contributed by atoms with Crippen molar-refractivity contribution in [2.75, 3.05) is 13.3 Å². The van der Waals surface area contributed by atoms with Gasteiger partial charge in [0, 0.05) is 24.2 Å². The van der Waals surface area contributed by atoms with E-state index in [0.29, 0.717) is 13.1 Å². The van der Waals surface area contributed by atoms with Crippen LogP contribution in [0, 0.1) is 12.7 Å². The van der Waals surface area contributed by atoms with Crippen LogP contribution in [0.1, 0.15) is 21.7 Å². The first kappa shape index (κ1) is 17.7. The summed E-state index contributed by atoms with van der Waals surface area (Å²) < 4.78 is 13.4. The number of thiazole rings is 1. The molecule has 0 fully saturated rings. The second kappa shape index (κ2) is 8.88. The Kier molecular flexibility index (Phi) is 6.85. The normalized spacial score (nSPS) is 11.6. The van der Waals surface area contributed by atoms with Crippen molar-refractivity contribution >= 4 is 29.1 Å². The summed E-state index contributed by atoms with van der Waals surface area (Å²) >= 11 is 3.31. The van der Waals surface area contributed by atoms with Gasteiger partial charge in [0.15, 0.2) is 5.96 Å². The van der Waals surface area contributed by atoms with Crippen molar-refractivity contribution in [3.05, 3.63) is 51.2 Å². The molecule has 0 amide bonds. The SMILES string of the molecule is CN=C(NCc1ccc(F)cc1CSC)NCc1scnc1C. The number of rotatable bonds is 6. The van der Waals surface area contributed by atoms with Crippen LogP contribution in [0.25, 0.3) is 0 Å². The maximum atomic E-state index is 13.4. The van der Waals surface area contributed by atoms with Crippen molar-refractivity contribution < 1.29 is 4.39 Å². The Labute approximate surface area is 144 Å². The molecule has 7 heteroatoms. The minimum Gasteiger partial charge on any atom is -0.352 e. The fraction of sp³-hybridized carbons (Fsp3) is 0.375. The third kappa shape index (κ3) is 5.21. The summed E-state index contributed by atoms with van der Waals surface area (Å²) in [5.41, 5.74) is 4.98. The summed E-state index contributed by atoms with van der Waals surface area (Å²) in [4.78, 5) is 9.65. The highest BCUT2D eigenvalue weighted by Gasteiger charge is 2.06. The zero-order valence-corrected chi connectivity index (χ0v) is 15.2. The van der Waals surface area contributed by atoms with Crippen molar-refractivity contribution in [2.24, 2.45) is 4.99 Å². The van der Waals surface area contributed by atoms with Crippen LogP contribution in [0.15, 0.2) is 28.7 Å². The first-order valence-corrected chi connectivity index (χ1v) is 9.51. The van der Waals surface area contributed by atoms with E-state index in [9.17, 15) is 4.39 Å². The van der Waals surface area contributed by atoms with Gasteiger partial charge in [0.1, 0.15) is 5.82 Å². The molecule has 0 radical (unpaired) electrons. The monoisotopic (exact) mass is 352 g/mol. The van der Waals surface area contributed by atoms with Crippen LogP contribution < -0.4 is 10.6 Å². The van der Waals surface area contributed by atoms with Gasteiger partial charge < -0.3 is 10.6 Å². The van der Waals surface area contributed by atoms with Gasteiger partial charge in [0.2, 0.25) is 0 Å². The largest absolute Gasteiger partial charge is 0.352 e. The molecule has 2 aromatic rings. The number of nitrogens with one attached hydrogen (secondary N) is 2. The number of nitrogens with zero attached hydrogens (tertiary/aromatic N) is 2. The Hall–Kier alpha value is -1.60. The Bertz CT molecular complexity index is 670. The molecule has 124 valence electrons. The van der Waals surface area contributed by atoms with E-state index in [1.165, 1.54) is 10.9 Å². The predicted molar refractivity (Wildman–Crippen MR) is 97.5 cm³/mol. The van der Waals surface area contributed by atoms with Gasteiger partial charge in [0.05, 0.1) is 17.7 Å². The van der Waals surface area contributed by atoms with E-state index in [0.717, 1.165) is 28.5 Å². The molecule has 0 saturated carbocycles. The molecule has 2 N–H and O–H groups in total. The van der Waals surface area contributed by atoms with Gasteiger partial charge in [-0.2, -0.15) is 11.8 Å². The molecule has 0 atom stereocenters. The Balaban J connectivity index is 1.94. The average molecular weight is 353 g/mol. The van der Waals surface area contributed by atoms with Gasteiger partial charge in [-0.25, -0.2) is 9.37 Å². The molecule has 0 unspecified atom stereocenters. The third-order valence-electron chi connectivity index (χ3n) is 3.40. The van der Waals surface area contributed by atoms with Gasteiger partial charge in [-0.1, -0.05) is 6.07 Å². The quantitative estimate of drug-likeness (QED) is 0.618. The topological polar surface area (TPSA) is 49.3 Å². The van der Waals surface area contributed by atoms with Gasteiger partial charge in [0.25, 0.3) is 0 Å². The molecule has 2 rings (SSSR count). The van der Waals surface area contributed by atoms with Crippen LogP contribution in [0.2, 0.25) is 0 Å². The molecular weight excluding hydrogens is 331 g/mol. The number of aromatic nitrogens is 1. The van der Waals surface area contributed by atoms with Gasteiger partial charge in [-0.05, 0) is 36.4 Å². The molecule has 1 aromatic heterocycles. The van der Waals surface area contributed by atoms with Crippen molar-refractivity contribution in [1.29, 1.82) is 0 Å². The number of hydrogen-bond donors (Lipinski definition) is 2. The smallest absolute Gasteiger partial charge is 0.191 e. The van der Waals surface area contributed by atoms with E-state index in [-0.39, 0.29) is 5.82 Å². The number of guanidine groups is 1. The van der Waals surface area contributed by atoms with Gasteiger partial charge >= 0.3 is 0 Å². The lowest BCUT2D eigenvalue weighted by Gasteiger charge is -2.14. The molecule has 0 spiro atoms. The van der Waals surface area contributed by atoms with Crippen LogP contribution >= 0.6 is 23.1 Å². The minimum atomic E-state index is -0.194. The van der Waals surface area contributed by atoms with Gasteiger partial charge in [-0.15, -0.1) is 11.3 Å². The molecule has 23 heavy (non-hydrogen) atoms. The third-order valence-corrected chi connectivity index (χ3v) is 4.93. The molecule has 0 bridgehead atoms. The summed E-state index contributed by atoms with van der Waals surface area (Å²) in [6.07, 6.45) is 2.01. The molecule has 0 aliphatic rings. The fourth-order valence-corrected chi connectivity index (χ4v) is 3.41. The highest BCUT2D eigenvalue weighted by Crippen LogP contribution is 2.16. The van der Waals surface area contributed by atoms with Crippen LogP contribution in [-0.2, 0) is 18.8 Å². The summed E-state index contributed by atoms with van der Waals surface area (Å²) in [5, 5.41) is 6.55. The number of hydrogen-bond acceptors (Lipinski definition) is 4. The molecule has 0 saturated heterocycles. The lowest BCUT2D eigenvalue weighted by molar-refractivity contribution is 0.625. The van der Waals surface area contributed by atoms with E-state index < -0.39 is 0 Å². The molecule has 0 aliphatic heterocycles.